The molecule has 1 atom stereocenters. The van der Waals surface area contributed by atoms with Crippen molar-refractivity contribution in [2.75, 3.05) is 25.1 Å². The Kier molecular flexibility index (Phi) is 8.33. The number of rotatable bonds is 10. The van der Waals surface area contributed by atoms with E-state index in [4.69, 9.17) is 9.47 Å². The van der Waals surface area contributed by atoms with Crippen molar-refractivity contribution in [3.05, 3.63) is 53.1 Å². The van der Waals surface area contributed by atoms with Crippen LogP contribution in [0.25, 0.3) is 0 Å². The number of aryl methyl sites for hydroxylation is 2. The molecule has 0 saturated heterocycles. The van der Waals surface area contributed by atoms with Crippen LogP contribution in [0.15, 0.2) is 36.4 Å². The Morgan fingerprint density at radius 1 is 1.04 bits per heavy atom. The molecule has 2 N–H and O–H groups in total. The molecular formula is C23H32N2O3. The molecule has 0 heterocycles. The van der Waals surface area contributed by atoms with Crippen LogP contribution in [0, 0.1) is 6.92 Å². The van der Waals surface area contributed by atoms with E-state index in [2.05, 4.69) is 17.6 Å². The quantitative estimate of drug-likeness (QED) is 0.626. The van der Waals surface area contributed by atoms with E-state index >= 15 is 0 Å². The Morgan fingerprint density at radius 3 is 2.43 bits per heavy atom. The molecule has 5 heteroatoms. The van der Waals surface area contributed by atoms with Crippen molar-refractivity contribution in [2.45, 2.75) is 47.1 Å². The maximum Gasteiger partial charge on any atom is 0.238 e. The number of para-hydroxylation sites is 1. The van der Waals surface area contributed by atoms with Crippen molar-refractivity contribution >= 4 is 11.6 Å². The molecule has 0 spiro atoms. The predicted octanol–water partition coefficient (Wildman–Crippen LogP) is 4.64. The second-order valence-corrected chi connectivity index (χ2v) is 6.69. The maximum atomic E-state index is 12.5. The van der Waals surface area contributed by atoms with E-state index in [-0.39, 0.29) is 18.5 Å². The molecule has 0 aliphatic rings. The summed E-state index contributed by atoms with van der Waals surface area (Å²) in [6.07, 6.45) is 0.882. The van der Waals surface area contributed by atoms with Crippen LogP contribution in [-0.2, 0) is 11.2 Å². The van der Waals surface area contributed by atoms with Gasteiger partial charge in [-0.05, 0) is 62.9 Å². The van der Waals surface area contributed by atoms with Crippen LogP contribution in [-0.4, -0.2) is 25.7 Å². The summed E-state index contributed by atoms with van der Waals surface area (Å²) in [6, 6.07) is 12.0. The smallest absolute Gasteiger partial charge is 0.238 e. The summed E-state index contributed by atoms with van der Waals surface area (Å²) in [7, 11) is 0. The van der Waals surface area contributed by atoms with Crippen LogP contribution in [0.4, 0.5) is 5.69 Å². The normalized spacial score (nSPS) is 11.8. The molecule has 2 aromatic carbocycles. The van der Waals surface area contributed by atoms with Gasteiger partial charge >= 0.3 is 0 Å². The third kappa shape index (κ3) is 5.73. The number of nitrogens with one attached hydrogen (secondary N) is 2. The number of carbonyl (C=O) groups is 1. The van der Waals surface area contributed by atoms with Gasteiger partial charge in [0.2, 0.25) is 5.91 Å². The average molecular weight is 385 g/mol. The first-order valence-corrected chi connectivity index (χ1v) is 10.0. The second kappa shape index (κ2) is 10.7. The zero-order valence-corrected chi connectivity index (χ0v) is 17.6. The van der Waals surface area contributed by atoms with Crippen molar-refractivity contribution in [3.8, 4) is 11.5 Å². The van der Waals surface area contributed by atoms with Gasteiger partial charge in [0.15, 0.2) is 11.5 Å². The van der Waals surface area contributed by atoms with E-state index in [1.54, 1.807) is 0 Å². The van der Waals surface area contributed by atoms with E-state index in [0.717, 1.165) is 40.3 Å². The minimum absolute atomic E-state index is 0.00292. The molecule has 2 aromatic rings. The molecule has 1 amide bonds. The molecule has 0 aliphatic heterocycles. The van der Waals surface area contributed by atoms with Gasteiger partial charge in [-0.15, -0.1) is 0 Å². The lowest BCUT2D eigenvalue weighted by Gasteiger charge is -2.18. The summed E-state index contributed by atoms with van der Waals surface area (Å²) in [5.74, 6) is 1.42. The summed E-state index contributed by atoms with van der Waals surface area (Å²) >= 11 is 0. The Bertz CT molecular complexity index is 789. The van der Waals surface area contributed by atoms with Gasteiger partial charge in [-0.2, -0.15) is 0 Å². The Morgan fingerprint density at radius 2 is 1.75 bits per heavy atom. The fraction of sp³-hybridized carbons (Fsp3) is 0.435. The Balaban J connectivity index is 2.01. The van der Waals surface area contributed by atoms with Gasteiger partial charge in [0.05, 0.1) is 19.8 Å². The number of ether oxygens (including phenoxy) is 2. The minimum atomic E-state index is -0.0492. The van der Waals surface area contributed by atoms with Crippen LogP contribution in [0.2, 0.25) is 0 Å². The Labute approximate surface area is 168 Å². The Hall–Kier alpha value is -2.53. The average Bonchev–Trinajstić information content (AvgIpc) is 2.69. The van der Waals surface area contributed by atoms with Gasteiger partial charge in [-0.3, -0.25) is 4.79 Å². The van der Waals surface area contributed by atoms with Gasteiger partial charge in [-0.25, -0.2) is 0 Å². The highest BCUT2D eigenvalue weighted by atomic mass is 16.5. The molecule has 0 unspecified atom stereocenters. The van der Waals surface area contributed by atoms with E-state index in [9.17, 15) is 4.79 Å². The summed E-state index contributed by atoms with van der Waals surface area (Å²) in [5.41, 5.74) is 4.19. The number of benzene rings is 2. The number of carbonyl (C=O) groups excluding carboxylic acids is 1. The van der Waals surface area contributed by atoms with Crippen LogP contribution < -0.4 is 20.1 Å². The topological polar surface area (TPSA) is 59.6 Å². The molecule has 0 aliphatic carbocycles. The van der Waals surface area contributed by atoms with E-state index in [0.29, 0.717) is 13.2 Å². The molecule has 152 valence electrons. The third-order valence-electron chi connectivity index (χ3n) is 4.64. The first-order chi connectivity index (χ1) is 13.5. The highest BCUT2D eigenvalue weighted by Crippen LogP contribution is 2.30. The van der Waals surface area contributed by atoms with Gasteiger partial charge < -0.3 is 20.1 Å². The molecule has 5 nitrogen and oxygen atoms in total. The molecule has 0 bridgehead atoms. The van der Waals surface area contributed by atoms with Crippen molar-refractivity contribution in [2.24, 2.45) is 0 Å². The molecule has 2 rings (SSSR count). The number of anilines is 1. The zero-order chi connectivity index (χ0) is 20.5. The lowest BCUT2D eigenvalue weighted by molar-refractivity contribution is -0.115. The molecule has 28 heavy (non-hydrogen) atoms. The monoisotopic (exact) mass is 384 g/mol. The van der Waals surface area contributed by atoms with Crippen LogP contribution in [0.5, 0.6) is 11.5 Å². The lowest BCUT2D eigenvalue weighted by Crippen LogP contribution is -2.30. The number of hydrogen-bond donors (Lipinski definition) is 2. The highest BCUT2D eigenvalue weighted by molar-refractivity contribution is 5.93. The zero-order valence-electron chi connectivity index (χ0n) is 17.6. The largest absolute Gasteiger partial charge is 0.490 e. The van der Waals surface area contributed by atoms with Crippen molar-refractivity contribution in [1.82, 2.24) is 5.32 Å². The predicted molar refractivity (Wildman–Crippen MR) is 114 cm³/mol. The lowest BCUT2D eigenvalue weighted by atomic mass is 10.1. The standard InChI is InChI=1S/C23H32N2O3/c1-6-18-11-9-10-16(4)23(18)25-22(26)15-24-17(5)19-12-13-20(27-7-2)21(14-19)28-8-3/h9-14,17,24H,6-8,15H2,1-5H3,(H,25,26)/t17-/m0/s1. The van der Waals surface area contributed by atoms with Crippen molar-refractivity contribution < 1.29 is 14.3 Å². The summed E-state index contributed by atoms with van der Waals surface area (Å²) in [6.45, 7) is 11.4. The van der Waals surface area contributed by atoms with E-state index in [1.807, 2.05) is 64.1 Å². The van der Waals surface area contributed by atoms with Crippen molar-refractivity contribution in [3.63, 3.8) is 0 Å². The number of amides is 1. The van der Waals surface area contributed by atoms with Gasteiger partial charge in [-0.1, -0.05) is 31.2 Å². The minimum Gasteiger partial charge on any atom is -0.490 e. The highest BCUT2D eigenvalue weighted by Gasteiger charge is 2.13. The van der Waals surface area contributed by atoms with Crippen LogP contribution in [0.3, 0.4) is 0 Å². The third-order valence-corrected chi connectivity index (χ3v) is 4.64. The molecule has 0 fully saturated rings. The fourth-order valence-electron chi connectivity index (χ4n) is 3.09. The fourth-order valence-corrected chi connectivity index (χ4v) is 3.09. The summed E-state index contributed by atoms with van der Waals surface area (Å²) in [4.78, 5) is 12.5. The first kappa shape index (κ1) is 21.8. The molecule has 0 radical (unpaired) electrons. The van der Waals surface area contributed by atoms with E-state index < -0.39 is 0 Å². The van der Waals surface area contributed by atoms with Crippen molar-refractivity contribution in [1.29, 1.82) is 0 Å². The van der Waals surface area contributed by atoms with Crippen LogP contribution >= 0.6 is 0 Å². The molecular weight excluding hydrogens is 352 g/mol. The maximum absolute atomic E-state index is 12.5. The van der Waals surface area contributed by atoms with Gasteiger partial charge in [0.1, 0.15) is 0 Å². The number of hydrogen-bond acceptors (Lipinski definition) is 4. The molecule has 0 saturated carbocycles. The first-order valence-electron chi connectivity index (χ1n) is 10.0. The van der Waals surface area contributed by atoms with Gasteiger partial charge in [0, 0.05) is 11.7 Å². The summed E-state index contributed by atoms with van der Waals surface area (Å²) in [5, 5.41) is 6.34. The SMILES string of the molecule is CCOc1ccc([C@H](C)NCC(=O)Nc2c(C)cccc2CC)cc1OCC. The van der Waals surface area contributed by atoms with E-state index in [1.165, 1.54) is 0 Å². The summed E-state index contributed by atoms with van der Waals surface area (Å²) < 4.78 is 11.3. The van der Waals surface area contributed by atoms with Gasteiger partial charge in [0.25, 0.3) is 0 Å². The van der Waals surface area contributed by atoms with Crippen LogP contribution in [0.1, 0.15) is 50.4 Å². The molecule has 0 aromatic heterocycles. The second-order valence-electron chi connectivity index (χ2n) is 6.69.